The smallest absolute Gasteiger partial charge is 0.312 e. The Balaban J connectivity index is 1.14. The molecule has 0 bridgehead atoms. The lowest BCUT2D eigenvalue weighted by atomic mass is 10.0. The highest BCUT2D eigenvalue weighted by molar-refractivity contribution is 7.89. The van der Waals surface area contributed by atoms with Gasteiger partial charge in [-0.25, -0.2) is 4.39 Å². The summed E-state index contributed by atoms with van der Waals surface area (Å²) in [4.78, 5) is 29.2. The van der Waals surface area contributed by atoms with Crippen molar-refractivity contribution in [3.05, 3.63) is 108 Å². The first kappa shape index (κ1) is 29.0. The third-order valence-corrected chi connectivity index (χ3v) is 7.82. The fraction of sp³-hybridized carbons (Fsp3) is 0.226. The molecule has 0 radical (unpaired) electrons. The highest BCUT2D eigenvalue weighted by Crippen LogP contribution is 2.26. The minimum absolute atomic E-state index is 0.0599. The van der Waals surface area contributed by atoms with Gasteiger partial charge in [0, 0.05) is 42.9 Å². The summed E-state index contributed by atoms with van der Waals surface area (Å²) in [6.07, 6.45) is 0. The first-order valence-corrected chi connectivity index (χ1v) is 14.9. The van der Waals surface area contributed by atoms with Crippen LogP contribution in [0.1, 0.15) is 33.3 Å². The van der Waals surface area contributed by atoms with Crippen LogP contribution in [0.25, 0.3) is 11.1 Å². The third kappa shape index (κ3) is 7.04. The highest BCUT2D eigenvalue weighted by atomic mass is 32.2. The zero-order chi connectivity index (χ0) is 29.5. The fourth-order valence-corrected chi connectivity index (χ4v) is 5.51. The summed E-state index contributed by atoms with van der Waals surface area (Å²) in [6, 6.07) is 24.1. The number of nitrogens with zero attached hydrogens (tertiary/aromatic N) is 4. The normalized spacial score (nSPS) is 13.9. The molecule has 4 aromatic rings. The van der Waals surface area contributed by atoms with Gasteiger partial charge in [0.25, 0.3) is 5.91 Å². The Morgan fingerprint density at radius 1 is 0.952 bits per heavy atom. The van der Waals surface area contributed by atoms with Crippen molar-refractivity contribution in [2.24, 2.45) is 0 Å². The molecule has 9 nitrogen and oxygen atoms in total. The molecule has 11 heteroatoms. The van der Waals surface area contributed by atoms with E-state index in [1.807, 2.05) is 42.2 Å². The number of amides is 2. The average molecular weight is 588 g/mol. The van der Waals surface area contributed by atoms with Gasteiger partial charge in [0.15, 0.2) is 17.3 Å². The third-order valence-electron chi connectivity index (χ3n) is 6.81. The molecule has 0 aliphatic carbocycles. The standard InChI is InChI=1S/C31H30FN5O4S/c1-2-41-25-11-8-23(9-12-25)26-13-10-24(20-27(26)32)31(39)37-18-16-36(17-19-37)29-15-14-28(33-34-29)30(38)35-42(40)21-22-6-4-3-5-7-22/h3-15,20H,2,16-19,21H2,1H3,(H,35,38). The fourth-order valence-electron chi connectivity index (χ4n) is 4.63. The van der Waals surface area contributed by atoms with Crippen molar-refractivity contribution < 1.29 is 23.3 Å². The van der Waals surface area contributed by atoms with E-state index in [0.717, 1.165) is 5.56 Å². The maximum Gasteiger partial charge on any atom is 0.312 e. The van der Waals surface area contributed by atoms with Gasteiger partial charge in [-0.2, -0.15) is 4.72 Å². The molecular formula is C31H30FN5O4S. The number of aromatic nitrogens is 2. The van der Waals surface area contributed by atoms with Crippen molar-refractivity contribution in [1.29, 1.82) is 0 Å². The largest absolute Gasteiger partial charge is 0.593 e. The molecule has 1 atom stereocenters. The van der Waals surface area contributed by atoms with Crippen LogP contribution in [0, 0.1) is 5.82 Å². The van der Waals surface area contributed by atoms with Crippen LogP contribution in [0.3, 0.4) is 0 Å². The second-order valence-corrected chi connectivity index (χ2v) is 10.8. The number of benzene rings is 3. The molecule has 1 aliphatic rings. The lowest BCUT2D eigenvalue weighted by Crippen LogP contribution is -2.49. The minimum Gasteiger partial charge on any atom is -0.593 e. The van der Waals surface area contributed by atoms with Crippen molar-refractivity contribution in [3.63, 3.8) is 0 Å². The van der Waals surface area contributed by atoms with Gasteiger partial charge in [0.2, 0.25) is 0 Å². The van der Waals surface area contributed by atoms with Gasteiger partial charge in [-0.1, -0.05) is 48.5 Å². The molecule has 1 aliphatic heterocycles. The summed E-state index contributed by atoms with van der Waals surface area (Å²) in [5.74, 6) is 0.197. The van der Waals surface area contributed by atoms with Gasteiger partial charge in [-0.3, -0.25) is 9.59 Å². The Labute approximate surface area is 246 Å². The van der Waals surface area contributed by atoms with E-state index >= 15 is 0 Å². The summed E-state index contributed by atoms with van der Waals surface area (Å²) in [5, 5.41) is 8.17. The minimum atomic E-state index is -1.59. The monoisotopic (exact) mass is 587 g/mol. The second kappa shape index (κ2) is 13.5. The van der Waals surface area contributed by atoms with Crippen molar-refractivity contribution >= 4 is 29.0 Å². The molecule has 1 fully saturated rings. The number of rotatable bonds is 9. The summed E-state index contributed by atoms with van der Waals surface area (Å²) in [7, 11) is 0. The van der Waals surface area contributed by atoms with E-state index in [-0.39, 0.29) is 22.9 Å². The number of nitrogens with one attached hydrogen (secondary N) is 1. The van der Waals surface area contributed by atoms with Gasteiger partial charge in [-0.05, 0) is 48.9 Å². The van der Waals surface area contributed by atoms with Crippen LogP contribution in [0.4, 0.5) is 10.2 Å². The van der Waals surface area contributed by atoms with Crippen LogP contribution in [0.15, 0.2) is 84.9 Å². The van der Waals surface area contributed by atoms with E-state index in [9.17, 15) is 18.5 Å². The van der Waals surface area contributed by atoms with Crippen molar-refractivity contribution in [2.75, 3.05) is 37.7 Å². The highest BCUT2D eigenvalue weighted by Gasteiger charge is 2.24. The Morgan fingerprint density at radius 2 is 1.69 bits per heavy atom. The van der Waals surface area contributed by atoms with Crippen LogP contribution >= 0.6 is 0 Å². The zero-order valence-electron chi connectivity index (χ0n) is 23.0. The molecule has 1 saturated heterocycles. The lowest BCUT2D eigenvalue weighted by Gasteiger charge is -2.35. The van der Waals surface area contributed by atoms with Crippen molar-refractivity contribution in [1.82, 2.24) is 19.8 Å². The van der Waals surface area contributed by atoms with E-state index in [0.29, 0.717) is 55.5 Å². The second-order valence-electron chi connectivity index (χ2n) is 9.61. The van der Waals surface area contributed by atoms with Gasteiger partial charge >= 0.3 is 5.91 Å². The van der Waals surface area contributed by atoms with E-state index < -0.39 is 23.1 Å². The summed E-state index contributed by atoms with van der Waals surface area (Å²) >= 11 is -1.59. The number of hydrogen-bond acceptors (Lipinski definition) is 7. The summed E-state index contributed by atoms with van der Waals surface area (Å²) < 4.78 is 35.2. The topological polar surface area (TPSA) is 111 Å². The van der Waals surface area contributed by atoms with Crippen LogP contribution in [0.2, 0.25) is 0 Å². The number of carbonyl (C=O) groups excluding carboxylic acids is 2. The number of hydrogen-bond donors (Lipinski definition) is 1. The molecule has 2 amide bonds. The molecule has 2 heterocycles. The predicted molar refractivity (Wildman–Crippen MR) is 159 cm³/mol. The maximum atomic E-state index is 15.0. The summed E-state index contributed by atoms with van der Waals surface area (Å²) in [5.41, 5.74) is 2.31. The number of halogens is 1. The molecule has 0 spiro atoms. The Kier molecular flexibility index (Phi) is 9.30. The number of anilines is 1. The lowest BCUT2D eigenvalue weighted by molar-refractivity contribution is 0.0745. The summed E-state index contributed by atoms with van der Waals surface area (Å²) in [6.45, 7) is 4.29. The first-order chi connectivity index (χ1) is 20.4. The number of carbonyl (C=O) groups is 2. The van der Waals surface area contributed by atoms with E-state index in [1.165, 1.54) is 12.1 Å². The Hall–Kier alpha value is -4.48. The Morgan fingerprint density at radius 3 is 2.33 bits per heavy atom. The molecule has 0 saturated carbocycles. The number of piperazine rings is 1. The van der Waals surface area contributed by atoms with Gasteiger partial charge in [0.1, 0.15) is 11.6 Å². The quantitative estimate of drug-likeness (QED) is 0.292. The zero-order valence-corrected chi connectivity index (χ0v) is 23.9. The maximum absolute atomic E-state index is 15.0. The van der Waals surface area contributed by atoms with Crippen LogP contribution in [0.5, 0.6) is 5.75 Å². The van der Waals surface area contributed by atoms with Gasteiger partial charge < -0.3 is 19.1 Å². The van der Waals surface area contributed by atoms with Crippen LogP contribution in [-0.2, 0) is 17.1 Å². The molecule has 1 N–H and O–H groups in total. The SMILES string of the molecule is CCOc1ccc(-c2ccc(C(=O)N3CCN(c4ccc(C(=O)N[S+]([O-])Cc5ccccc5)nn4)CC3)cc2F)cc1. The first-order valence-electron chi connectivity index (χ1n) is 13.6. The van der Waals surface area contributed by atoms with E-state index in [2.05, 4.69) is 14.9 Å². The molecule has 42 heavy (non-hydrogen) atoms. The van der Waals surface area contributed by atoms with Crippen LogP contribution < -0.4 is 14.4 Å². The number of ether oxygens (including phenoxy) is 1. The van der Waals surface area contributed by atoms with Crippen molar-refractivity contribution in [2.45, 2.75) is 12.7 Å². The predicted octanol–water partition coefficient (Wildman–Crippen LogP) is 4.24. The molecular weight excluding hydrogens is 557 g/mol. The average Bonchev–Trinajstić information content (AvgIpc) is 3.02. The van der Waals surface area contributed by atoms with E-state index in [1.54, 1.807) is 47.4 Å². The molecule has 216 valence electrons. The molecule has 1 aromatic heterocycles. The molecule has 3 aromatic carbocycles. The van der Waals surface area contributed by atoms with Gasteiger partial charge in [-0.15, -0.1) is 10.2 Å². The van der Waals surface area contributed by atoms with Crippen LogP contribution in [-0.4, -0.2) is 64.3 Å². The molecule has 5 rings (SSSR count). The van der Waals surface area contributed by atoms with E-state index in [4.69, 9.17) is 4.74 Å². The molecule has 1 unspecified atom stereocenters. The van der Waals surface area contributed by atoms with Crippen molar-refractivity contribution in [3.8, 4) is 16.9 Å². The Bertz CT molecular complexity index is 1520. The van der Waals surface area contributed by atoms with Gasteiger partial charge in [0.05, 0.1) is 18.0 Å².